The molecule has 0 saturated heterocycles. The van der Waals surface area contributed by atoms with E-state index in [1.807, 2.05) is 11.3 Å². The van der Waals surface area contributed by atoms with Crippen molar-refractivity contribution in [3.05, 3.63) is 50.6 Å². The van der Waals surface area contributed by atoms with Gasteiger partial charge in [-0.1, -0.05) is 18.2 Å². The summed E-state index contributed by atoms with van der Waals surface area (Å²) in [5.41, 5.74) is 2.94. The predicted molar refractivity (Wildman–Crippen MR) is 82.4 cm³/mol. The lowest BCUT2D eigenvalue weighted by Crippen LogP contribution is -2.22. The van der Waals surface area contributed by atoms with Gasteiger partial charge in [0.1, 0.15) is 0 Å². The maximum Gasteiger partial charge on any atom is 0.0702 e. The topological polar surface area (TPSA) is 3.24 Å². The van der Waals surface area contributed by atoms with E-state index in [2.05, 4.69) is 57.2 Å². The van der Waals surface area contributed by atoms with Crippen molar-refractivity contribution in [3.8, 4) is 0 Å². The number of thiophene rings is 1. The van der Waals surface area contributed by atoms with Crippen molar-refractivity contribution in [2.75, 3.05) is 11.4 Å². The number of halogens is 1. The molecule has 94 valence electrons. The fraction of sp³-hybridized carbons (Fsp3) is 0.333. The molecule has 1 aromatic heterocycles. The average Bonchev–Trinajstić information content (AvgIpc) is 2.68. The van der Waals surface area contributed by atoms with Crippen LogP contribution in [0, 0.1) is 0 Å². The molecule has 1 nitrogen and oxygen atoms in total. The van der Waals surface area contributed by atoms with E-state index < -0.39 is 0 Å². The molecule has 0 spiro atoms. The highest BCUT2D eigenvalue weighted by Gasteiger charge is 2.15. The van der Waals surface area contributed by atoms with E-state index in [0.29, 0.717) is 0 Å². The number of para-hydroxylation sites is 1. The quantitative estimate of drug-likeness (QED) is 0.764. The van der Waals surface area contributed by atoms with Crippen molar-refractivity contribution in [3.63, 3.8) is 0 Å². The molecule has 0 amide bonds. The largest absolute Gasteiger partial charge is 0.366 e. The SMILES string of the molecule is Brc1ccc(CN2CCCCc3ccccc32)s1. The second kappa shape index (κ2) is 5.45. The van der Waals surface area contributed by atoms with Crippen LogP contribution in [0.25, 0.3) is 0 Å². The van der Waals surface area contributed by atoms with Crippen LogP contribution in [0.2, 0.25) is 0 Å². The zero-order valence-corrected chi connectivity index (χ0v) is 12.6. The highest BCUT2D eigenvalue weighted by atomic mass is 79.9. The van der Waals surface area contributed by atoms with Gasteiger partial charge in [0.05, 0.1) is 10.3 Å². The maximum absolute atomic E-state index is 3.54. The molecule has 0 atom stereocenters. The molecule has 3 heteroatoms. The third-order valence-corrected chi connectivity index (χ3v) is 5.04. The van der Waals surface area contributed by atoms with Gasteiger partial charge in [-0.3, -0.25) is 0 Å². The highest BCUT2D eigenvalue weighted by Crippen LogP contribution is 2.30. The first-order chi connectivity index (χ1) is 8.83. The molecule has 1 aromatic carbocycles. The summed E-state index contributed by atoms with van der Waals surface area (Å²) in [6, 6.07) is 13.2. The summed E-state index contributed by atoms with van der Waals surface area (Å²) in [6.07, 6.45) is 3.82. The minimum Gasteiger partial charge on any atom is -0.366 e. The van der Waals surface area contributed by atoms with Gasteiger partial charge in [0, 0.05) is 17.1 Å². The fourth-order valence-electron chi connectivity index (χ4n) is 2.56. The third-order valence-electron chi connectivity index (χ3n) is 3.43. The van der Waals surface area contributed by atoms with Crippen molar-refractivity contribution in [1.82, 2.24) is 0 Å². The van der Waals surface area contributed by atoms with E-state index in [9.17, 15) is 0 Å². The molecule has 1 aliphatic heterocycles. The van der Waals surface area contributed by atoms with Gasteiger partial charge in [-0.2, -0.15) is 0 Å². The monoisotopic (exact) mass is 321 g/mol. The molecular formula is C15H16BrNS. The Morgan fingerprint density at radius 1 is 1.11 bits per heavy atom. The first-order valence-electron chi connectivity index (χ1n) is 6.40. The van der Waals surface area contributed by atoms with Crippen LogP contribution in [0.5, 0.6) is 0 Å². The van der Waals surface area contributed by atoms with Crippen LogP contribution < -0.4 is 4.90 Å². The van der Waals surface area contributed by atoms with Gasteiger partial charge < -0.3 is 4.90 Å². The van der Waals surface area contributed by atoms with Gasteiger partial charge in [-0.15, -0.1) is 11.3 Å². The number of hydrogen-bond donors (Lipinski definition) is 0. The zero-order valence-electron chi connectivity index (χ0n) is 10.2. The molecule has 1 aliphatic rings. The lowest BCUT2D eigenvalue weighted by molar-refractivity contribution is 0.717. The van der Waals surface area contributed by atoms with Crippen molar-refractivity contribution in [2.24, 2.45) is 0 Å². The van der Waals surface area contributed by atoms with E-state index in [1.54, 1.807) is 0 Å². The Morgan fingerprint density at radius 2 is 2.00 bits per heavy atom. The number of rotatable bonds is 2. The Kier molecular flexibility index (Phi) is 3.71. The van der Waals surface area contributed by atoms with E-state index >= 15 is 0 Å². The summed E-state index contributed by atoms with van der Waals surface area (Å²) in [5, 5.41) is 0. The smallest absolute Gasteiger partial charge is 0.0702 e. The lowest BCUT2D eigenvalue weighted by Gasteiger charge is -2.24. The molecule has 2 heterocycles. The second-order valence-corrected chi connectivity index (χ2v) is 7.26. The van der Waals surface area contributed by atoms with Gasteiger partial charge in [0.2, 0.25) is 0 Å². The van der Waals surface area contributed by atoms with Crippen LogP contribution in [0.4, 0.5) is 5.69 Å². The minimum atomic E-state index is 1.03. The summed E-state index contributed by atoms with van der Waals surface area (Å²) < 4.78 is 1.22. The summed E-state index contributed by atoms with van der Waals surface area (Å²) in [7, 11) is 0. The standard InChI is InChI=1S/C15H16BrNS/c16-15-9-8-13(18-15)11-17-10-4-3-6-12-5-1-2-7-14(12)17/h1-2,5,7-9H,3-4,6,10-11H2. The number of anilines is 1. The molecule has 0 N–H and O–H groups in total. The van der Waals surface area contributed by atoms with E-state index in [4.69, 9.17) is 0 Å². The summed E-state index contributed by atoms with van der Waals surface area (Å²) in [5.74, 6) is 0. The molecule has 0 aliphatic carbocycles. The molecule has 18 heavy (non-hydrogen) atoms. The number of benzene rings is 1. The molecule has 3 rings (SSSR count). The summed E-state index contributed by atoms with van der Waals surface area (Å²) in [6.45, 7) is 2.21. The summed E-state index contributed by atoms with van der Waals surface area (Å²) >= 11 is 5.38. The fourth-order valence-corrected chi connectivity index (χ4v) is 4.06. The molecule has 0 saturated carbocycles. The minimum absolute atomic E-state index is 1.03. The first-order valence-corrected chi connectivity index (χ1v) is 8.01. The molecule has 0 radical (unpaired) electrons. The normalized spacial score (nSPS) is 15.3. The maximum atomic E-state index is 3.54. The van der Waals surface area contributed by atoms with Gasteiger partial charge in [-0.05, 0) is 59.0 Å². The van der Waals surface area contributed by atoms with Crippen LogP contribution in [-0.4, -0.2) is 6.54 Å². The second-order valence-electron chi connectivity index (χ2n) is 4.71. The Labute approximate surface area is 121 Å². The van der Waals surface area contributed by atoms with Crippen LogP contribution in [-0.2, 0) is 13.0 Å². The molecule has 0 fully saturated rings. The van der Waals surface area contributed by atoms with E-state index in [-0.39, 0.29) is 0 Å². The Hall–Kier alpha value is -0.800. The van der Waals surface area contributed by atoms with Crippen molar-refractivity contribution >= 4 is 33.0 Å². The molecule has 0 bridgehead atoms. The first kappa shape index (κ1) is 12.2. The van der Waals surface area contributed by atoms with Gasteiger partial charge >= 0.3 is 0 Å². The molecular weight excluding hydrogens is 306 g/mol. The van der Waals surface area contributed by atoms with E-state index in [1.165, 1.54) is 45.7 Å². The molecule has 2 aromatic rings. The highest BCUT2D eigenvalue weighted by molar-refractivity contribution is 9.11. The number of fused-ring (bicyclic) bond motifs is 1. The Morgan fingerprint density at radius 3 is 2.83 bits per heavy atom. The van der Waals surface area contributed by atoms with Crippen LogP contribution in [0.1, 0.15) is 23.3 Å². The molecule has 0 unspecified atom stereocenters. The predicted octanol–water partition coefficient (Wildman–Crippen LogP) is 4.85. The average molecular weight is 322 g/mol. The van der Waals surface area contributed by atoms with E-state index in [0.717, 1.165) is 6.54 Å². The number of aryl methyl sites for hydroxylation is 1. The van der Waals surface area contributed by atoms with Gasteiger partial charge in [0.25, 0.3) is 0 Å². The number of nitrogens with zero attached hydrogens (tertiary/aromatic N) is 1. The Balaban J connectivity index is 1.87. The van der Waals surface area contributed by atoms with Crippen molar-refractivity contribution < 1.29 is 0 Å². The van der Waals surface area contributed by atoms with Gasteiger partial charge in [-0.25, -0.2) is 0 Å². The Bertz CT molecular complexity index is 535. The third kappa shape index (κ3) is 2.62. The van der Waals surface area contributed by atoms with Gasteiger partial charge in [0.15, 0.2) is 0 Å². The van der Waals surface area contributed by atoms with Crippen molar-refractivity contribution in [1.29, 1.82) is 0 Å². The lowest BCUT2D eigenvalue weighted by atomic mass is 10.1. The van der Waals surface area contributed by atoms with Crippen LogP contribution in [0.15, 0.2) is 40.2 Å². The van der Waals surface area contributed by atoms with Crippen molar-refractivity contribution in [2.45, 2.75) is 25.8 Å². The van der Waals surface area contributed by atoms with Crippen LogP contribution in [0.3, 0.4) is 0 Å². The number of hydrogen-bond acceptors (Lipinski definition) is 2. The zero-order chi connectivity index (χ0) is 12.4. The van der Waals surface area contributed by atoms with Crippen LogP contribution >= 0.6 is 27.3 Å². The summed E-state index contributed by atoms with van der Waals surface area (Å²) in [4.78, 5) is 3.96.